The number of nitrogens with one attached hydrogen (secondary N) is 2. The SMILES string of the molecule is CCCCC(Nc1cccc(-c2ccccc2)c1)C(=O)NO. The number of hydrogen-bond donors (Lipinski definition) is 3. The molecule has 0 fully saturated rings. The Morgan fingerprint density at radius 3 is 2.50 bits per heavy atom. The van der Waals surface area contributed by atoms with Crippen LogP contribution in [0.3, 0.4) is 0 Å². The van der Waals surface area contributed by atoms with Crippen LogP contribution in [-0.2, 0) is 4.79 Å². The Balaban J connectivity index is 2.16. The van der Waals surface area contributed by atoms with E-state index in [0.29, 0.717) is 6.42 Å². The number of anilines is 1. The van der Waals surface area contributed by atoms with E-state index >= 15 is 0 Å². The van der Waals surface area contributed by atoms with E-state index in [1.807, 2.05) is 54.6 Å². The van der Waals surface area contributed by atoms with E-state index < -0.39 is 11.9 Å². The number of unbranched alkanes of at least 4 members (excludes halogenated alkanes) is 1. The van der Waals surface area contributed by atoms with Crippen LogP contribution in [0, 0.1) is 0 Å². The summed E-state index contributed by atoms with van der Waals surface area (Å²) in [6.07, 6.45) is 2.60. The van der Waals surface area contributed by atoms with Crippen LogP contribution in [0.15, 0.2) is 54.6 Å². The number of rotatable bonds is 7. The van der Waals surface area contributed by atoms with Gasteiger partial charge in [-0.3, -0.25) is 10.0 Å². The molecule has 0 heterocycles. The summed E-state index contributed by atoms with van der Waals surface area (Å²) in [5, 5.41) is 12.1. The third-order valence-electron chi connectivity index (χ3n) is 3.58. The fourth-order valence-electron chi connectivity index (χ4n) is 2.38. The molecule has 0 aromatic heterocycles. The van der Waals surface area contributed by atoms with Crippen LogP contribution in [0.4, 0.5) is 5.69 Å². The van der Waals surface area contributed by atoms with Gasteiger partial charge in [0.15, 0.2) is 0 Å². The zero-order valence-electron chi connectivity index (χ0n) is 12.8. The Hall–Kier alpha value is -2.33. The second-order valence-corrected chi connectivity index (χ2v) is 5.26. The molecule has 4 nitrogen and oxygen atoms in total. The molecule has 1 unspecified atom stereocenters. The van der Waals surface area contributed by atoms with Crippen molar-refractivity contribution in [3.63, 3.8) is 0 Å². The van der Waals surface area contributed by atoms with Crippen molar-refractivity contribution in [2.24, 2.45) is 0 Å². The molecule has 4 heteroatoms. The van der Waals surface area contributed by atoms with Crippen molar-refractivity contribution >= 4 is 11.6 Å². The first-order valence-corrected chi connectivity index (χ1v) is 7.60. The first kappa shape index (κ1) is 16.0. The minimum atomic E-state index is -0.434. The van der Waals surface area contributed by atoms with Gasteiger partial charge in [-0.05, 0) is 29.7 Å². The van der Waals surface area contributed by atoms with E-state index in [-0.39, 0.29) is 0 Å². The van der Waals surface area contributed by atoms with Crippen LogP contribution < -0.4 is 10.8 Å². The average molecular weight is 298 g/mol. The monoisotopic (exact) mass is 298 g/mol. The zero-order chi connectivity index (χ0) is 15.8. The molecule has 0 aliphatic rings. The standard InChI is InChI=1S/C18H22N2O2/c1-2-3-12-17(18(21)20-22)19-16-11-7-10-15(13-16)14-8-5-4-6-9-14/h4-11,13,17,19,22H,2-3,12H2,1H3,(H,20,21). The molecule has 0 spiro atoms. The van der Waals surface area contributed by atoms with Crippen molar-refractivity contribution in [2.45, 2.75) is 32.2 Å². The van der Waals surface area contributed by atoms with Gasteiger partial charge >= 0.3 is 0 Å². The second kappa shape index (κ2) is 8.20. The van der Waals surface area contributed by atoms with Crippen LogP contribution >= 0.6 is 0 Å². The summed E-state index contributed by atoms with van der Waals surface area (Å²) in [7, 11) is 0. The van der Waals surface area contributed by atoms with Gasteiger partial charge < -0.3 is 5.32 Å². The average Bonchev–Trinajstić information content (AvgIpc) is 2.59. The van der Waals surface area contributed by atoms with Gasteiger partial charge in [0.2, 0.25) is 0 Å². The molecule has 0 aliphatic heterocycles. The third kappa shape index (κ3) is 4.33. The summed E-state index contributed by atoms with van der Waals surface area (Å²) < 4.78 is 0. The Bertz CT molecular complexity index is 599. The van der Waals surface area contributed by atoms with Crippen LogP contribution in [0.25, 0.3) is 11.1 Å². The maximum absolute atomic E-state index is 11.8. The van der Waals surface area contributed by atoms with Crippen LogP contribution in [0.1, 0.15) is 26.2 Å². The lowest BCUT2D eigenvalue weighted by Crippen LogP contribution is -2.38. The van der Waals surface area contributed by atoms with Crippen LogP contribution in [0.2, 0.25) is 0 Å². The molecule has 0 bridgehead atoms. The Morgan fingerprint density at radius 2 is 1.82 bits per heavy atom. The Kier molecular flexibility index (Phi) is 5.98. The van der Waals surface area contributed by atoms with Gasteiger partial charge in [-0.2, -0.15) is 0 Å². The minimum absolute atomic E-state index is 0.404. The normalized spacial score (nSPS) is 11.7. The summed E-state index contributed by atoms with van der Waals surface area (Å²) in [5.41, 5.74) is 4.82. The first-order valence-electron chi connectivity index (χ1n) is 7.60. The lowest BCUT2D eigenvalue weighted by Gasteiger charge is -2.18. The summed E-state index contributed by atoms with van der Waals surface area (Å²) in [5.74, 6) is -0.404. The van der Waals surface area contributed by atoms with Crippen molar-refractivity contribution in [3.8, 4) is 11.1 Å². The molecular formula is C18H22N2O2. The molecule has 1 amide bonds. The molecule has 3 N–H and O–H groups in total. The van der Waals surface area contributed by atoms with E-state index in [4.69, 9.17) is 5.21 Å². The number of carbonyl (C=O) groups excluding carboxylic acids is 1. The summed E-state index contributed by atoms with van der Waals surface area (Å²) in [6, 6.07) is 17.6. The molecule has 2 rings (SSSR count). The Morgan fingerprint density at radius 1 is 1.09 bits per heavy atom. The number of benzene rings is 2. The molecular weight excluding hydrogens is 276 g/mol. The largest absolute Gasteiger partial charge is 0.374 e. The maximum Gasteiger partial charge on any atom is 0.265 e. The molecule has 22 heavy (non-hydrogen) atoms. The minimum Gasteiger partial charge on any atom is -0.374 e. The smallest absolute Gasteiger partial charge is 0.265 e. The van der Waals surface area contributed by atoms with Gasteiger partial charge in [-0.1, -0.05) is 62.2 Å². The fraction of sp³-hybridized carbons (Fsp3) is 0.278. The first-order chi connectivity index (χ1) is 10.7. The van der Waals surface area contributed by atoms with Gasteiger partial charge in [-0.15, -0.1) is 0 Å². The summed E-state index contributed by atoms with van der Waals surface area (Å²) >= 11 is 0. The van der Waals surface area contributed by atoms with Crippen molar-refractivity contribution < 1.29 is 10.0 Å². The molecule has 2 aromatic rings. The zero-order valence-corrected chi connectivity index (χ0v) is 12.8. The second-order valence-electron chi connectivity index (χ2n) is 5.26. The topological polar surface area (TPSA) is 61.4 Å². The van der Waals surface area contributed by atoms with Gasteiger partial charge in [0, 0.05) is 5.69 Å². The van der Waals surface area contributed by atoms with E-state index in [0.717, 1.165) is 29.7 Å². The lowest BCUT2D eigenvalue weighted by molar-refractivity contribution is -0.130. The maximum atomic E-state index is 11.8. The van der Waals surface area contributed by atoms with Gasteiger partial charge in [-0.25, -0.2) is 5.48 Å². The summed E-state index contributed by atoms with van der Waals surface area (Å²) in [4.78, 5) is 11.8. The molecule has 0 saturated carbocycles. The number of carbonyl (C=O) groups is 1. The highest BCUT2D eigenvalue weighted by molar-refractivity contribution is 5.84. The van der Waals surface area contributed by atoms with E-state index in [1.54, 1.807) is 5.48 Å². The molecule has 0 aliphatic carbocycles. The molecule has 2 aromatic carbocycles. The van der Waals surface area contributed by atoms with E-state index in [1.165, 1.54) is 0 Å². The summed E-state index contributed by atoms with van der Waals surface area (Å²) in [6.45, 7) is 2.07. The van der Waals surface area contributed by atoms with Crippen LogP contribution in [-0.4, -0.2) is 17.2 Å². The molecule has 0 saturated heterocycles. The van der Waals surface area contributed by atoms with Gasteiger partial charge in [0.25, 0.3) is 5.91 Å². The van der Waals surface area contributed by atoms with Crippen molar-refractivity contribution in [1.82, 2.24) is 5.48 Å². The predicted molar refractivity (Wildman–Crippen MR) is 88.7 cm³/mol. The highest BCUT2D eigenvalue weighted by Crippen LogP contribution is 2.23. The molecule has 1 atom stereocenters. The predicted octanol–water partition coefficient (Wildman–Crippen LogP) is 3.83. The number of hydrogen-bond acceptors (Lipinski definition) is 3. The van der Waals surface area contributed by atoms with Crippen molar-refractivity contribution in [2.75, 3.05) is 5.32 Å². The Labute approximate surface area is 131 Å². The lowest BCUT2D eigenvalue weighted by atomic mass is 10.0. The van der Waals surface area contributed by atoms with E-state index in [2.05, 4.69) is 12.2 Å². The number of amides is 1. The third-order valence-corrected chi connectivity index (χ3v) is 3.58. The van der Waals surface area contributed by atoms with E-state index in [9.17, 15) is 4.79 Å². The molecule has 116 valence electrons. The fourth-order valence-corrected chi connectivity index (χ4v) is 2.38. The van der Waals surface area contributed by atoms with Crippen LogP contribution in [0.5, 0.6) is 0 Å². The van der Waals surface area contributed by atoms with Gasteiger partial charge in [0.1, 0.15) is 6.04 Å². The molecule has 0 radical (unpaired) electrons. The highest BCUT2D eigenvalue weighted by atomic mass is 16.5. The number of hydroxylamine groups is 1. The quantitative estimate of drug-likeness (QED) is 0.538. The van der Waals surface area contributed by atoms with Crippen molar-refractivity contribution in [1.29, 1.82) is 0 Å². The van der Waals surface area contributed by atoms with Gasteiger partial charge in [0.05, 0.1) is 0 Å². The highest BCUT2D eigenvalue weighted by Gasteiger charge is 2.17. The van der Waals surface area contributed by atoms with Crippen molar-refractivity contribution in [3.05, 3.63) is 54.6 Å².